The van der Waals surface area contributed by atoms with Gasteiger partial charge in [0.25, 0.3) is 7.48 Å². The molecule has 0 saturated carbocycles. The molecule has 2 heteroatoms. The third-order valence-electron chi connectivity index (χ3n) is 2.80. The fourth-order valence-electron chi connectivity index (χ4n) is 1.64. The molecule has 0 unspecified atom stereocenters. The van der Waals surface area contributed by atoms with E-state index in [2.05, 4.69) is 13.8 Å². The topological polar surface area (TPSA) is 20.2 Å². The molecule has 0 aromatic heterocycles. The van der Waals surface area contributed by atoms with E-state index in [4.69, 9.17) is 5.02 Å². The first-order valence-corrected chi connectivity index (χ1v) is 5.96. The van der Waals surface area contributed by atoms with Crippen molar-refractivity contribution in [3.05, 3.63) is 0 Å². The van der Waals surface area contributed by atoms with E-state index in [9.17, 15) is 0 Å². The first-order chi connectivity index (χ1) is 6.35. The van der Waals surface area contributed by atoms with Gasteiger partial charge in [-0.2, -0.15) is 0 Å². The van der Waals surface area contributed by atoms with Crippen molar-refractivity contribution < 1.29 is 5.02 Å². The van der Waals surface area contributed by atoms with Crippen molar-refractivity contribution in [3.8, 4) is 0 Å². The van der Waals surface area contributed by atoms with Gasteiger partial charge in [0.05, 0.1) is 0 Å². The van der Waals surface area contributed by atoms with Gasteiger partial charge < -0.3 is 5.02 Å². The van der Waals surface area contributed by atoms with Gasteiger partial charge in [-0.1, -0.05) is 65.2 Å². The second kappa shape index (κ2) is 10.1. The summed E-state index contributed by atoms with van der Waals surface area (Å²) in [5.41, 5.74) is 0. The molecule has 1 nitrogen and oxygen atoms in total. The summed E-state index contributed by atoms with van der Waals surface area (Å²) < 4.78 is 0. The zero-order valence-electron chi connectivity index (χ0n) is 9.39. The molecule has 0 aliphatic rings. The van der Waals surface area contributed by atoms with E-state index in [1.807, 2.05) is 0 Å². The van der Waals surface area contributed by atoms with Gasteiger partial charge in [0.15, 0.2) is 0 Å². The molecule has 0 aromatic carbocycles. The predicted octanol–water partition coefficient (Wildman–Crippen LogP) is 3.28. The largest absolute Gasteiger partial charge is 0.454 e. The summed E-state index contributed by atoms with van der Waals surface area (Å²) in [6.07, 6.45) is 10.5. The van der Waals surface area contributed by atoms with E-state index in [-0.39, 0.29) is 0 Å². The Kier molecular flexibility index (Phi) is 10.1. The molecule has 0 aromatic rings. The highest BCUT2D eigenvalue weighted by molar-refractivity contribution is 6.27. The van der Waals surface area contributed by atoms with Gasteiger partial charge >= 0.3 is 0 Å². The number of hydrogen-bond donors (Lipinski definition) is 1. The van der Waals surface area contributed by atoms with Crippen molar-refractivity contribution in [2.24, 2.45) is 0 Å². The Morgan fingerprint density at radius 3 is 2.15 bits per heavy atom. The average Bonchev–Trinajstić information content (AvgIpc) is 2.17. The number of hydrogen-bond acceptors (Lipinski definition) is 1. The fourth-order valence-corrected chi connectivity index (χ4v) is 1.64. The molecule has 0 saturated heterocycles. The minimum atomic E-state index is 0.380. The maximum Gasteiger partial charge on any atom is 0.273 e. The van der Waals surface area contributed by atoms with Crippen LogP contribution in [0.5, 0.6) is 0 Å². The van der Waals surface area contributed by atoms with E-state index >= 15 is 0 Å². The maximum absolute atomic E-state index is 8.97. The Bertz CT molecular complexity index is 92.1. The lowest BCUT2D eigenvalue weighted by Crippen LogP contribution is -2.01. The molecular weight excluding hydrogens is 159 g/mol. The van der Waals surface area contributed by atoms with Gasteiger partial charge in [0, 0.05) is 0 Å². The van der Waals surface area contributed by atoms with Crippen LogP contribution < -0.4 is 0 Å². The molecule has 13 heavy (non-hydrogen) atoms. The van der Waals surface area contributed by atoms with Crippen molar-refractivity contribution in [3.63, 3.8) is 0 Å². The summed E-state index contributed by atoms with van der Waals surface area (Å²) in [4.78, 5) is 0. The van der Waals surface area contributed by atoms with Crippen molar-refractivity contribution in [1.29, 1.82) is 0 Å². The van der Waals surface area contributed by atoms with Crippen molar-refractivity contribution in [1.82, 2.24) is 0 Å². The van der Waals surface area contributed by atoms with Crippen LogP contribution in [0.25, 0.3) is 0 Å². The molecular formula is C11H25BO. The van der Waals surface area contributed by atoms with E-state index in [0.717, 1.165) is 6.42 Å². The SMILES string of the molecule is CCCCCCCC[C@H](BO)CC. The fraction of sp³-hybridized carbons (Fsp3) is 1.00. The molecule has 0 aliphatic carbocycles. The second-order valence-corrected chi connectivity index (χ2v) is 4.01. The molecule has 1 N–H and O–H groups in total. The third-order valence-corrected chi connectivity index (χ3v) is 2.80. The quantitative estimate of drug-likeness (QED) is 0.430. The molecule has 0 fully saturated rings. The zero-order valence-corrected chi connectivity index (χ0v) is 9.39. The first kappa shape index (κ1) is 13.0. The van der Waals surface area contributed by atoms with Crippen LogP contribution in [0.4, 0.5) is 0 Å². The van der Waals surface area contributed by atoms with Crippen molar-refractivity contribution in [2.45, 2.75) is 71.0 Å². The average molecular weight is 184 g/mol. The van der Waals surface area contributed by atoms with Gasteiger partial charge in [-0.25, -0.2) is 0 Å². The number of unbranched alkanes of at least 4 members (excludes halogenated alkanes) is 5. The Morgan fingerprint density at radius 2 is 1.62 bits per heavy atom. The lowest BCUT2D eigenvalue weighted by Gasteiger charge is -2.08. The maximum atomic E-state index is 8.97. The minimum absolute atomic E-state index is 0.380. The summed E-state index contributed by atoms with van der Waals surface area (Å²) in [6.45, 7) is 4.41. The summed E-state index contributed by atoms with van der Waals surface area (Å²) in [5.74, 6) is 0.561. The van der Waals surface area contributed by atoms with Crippen LogP contribution in [-0.2, 0) is 0 Å². The normalized spacial score (nSPS) is 12.8. The monoisotopic (exact) mass is 184 g/mol. The highest BCUT2D eigenvalue weighted by atomic mass is 16.2. The summed E-state index contributed by atoms with van der Waals surface area (Å²) in [5, 5.41) is 8.97. The summed E-state index contributed by atoms with van der Waals surface area (Å²) in [6, 6.07) is 0. The Hall–Kier alpha value is 0.0249. The molecule has 0 aliphatic heterocycles. The third kappa shape index (κ3) is 8.36. The summed E-state index contributed by atoms with van der Waals surface area (Å²) in [7, 11) is 0.380. The molecule has 0 bridgehead atoms. The van der Waals surface area contributed by atoms with E-state index < -0.39 is 0 Å². The van der Waals surface area contributed by atoms with Crippen LogP contribution in [0.15, 0.2) is 0 Å². The molecule has 78 valence electrons. The van der Waals surface area contributed by atoms with Crippen LogP contribution in [0.3, 0.4) is 0 Å². The highest BCUT2D eigenvalue weighted by Crippen LogP contribution is 2.18. The van der Waals surface area contributed by atoms with Gasteiger partial charge in [-0.3, -0.25) is 0 Å². The lowest BCUT2D eigenvalue weighted by atomic mass is 9.75. The molecule has 0 amide bonds. The van der Waals surface area contributed by atoms with E-state index in [1.165, 1.54) is 44.9 Å². The van der Waals surface area contributed by atoms with E-state index in [1.54, 1.807) is 0 Å². The van der Waals surface area contributed by atoms with Crippen LogP contribution in [-0.4, -0.2) is 12.5 Å². The molecule has 0 rings (SSSR count). The number of rotatable bonds is 9. The van der Waals surface area contributed by atoms with E-state index in [0.29, 0.717) is 13.3 Å². The Labute approximate surface area is 84.2 Å². The van der Waals surface area contributed by atoms with Crippen LogP contribution in [0, 0.1) is 0 Å². The standard InChI is InChI=1S/C11H25BO/c1-3-5-6-7-8-9-10-11(4-2)12-13/h11-13H,3-10H2,1-2H3/t11-/m1/s1. The molecule has 1 atom stereocenters. The predicted molar refractivity (Wildman–Crippen MR) is 61.4 cm³/mol. The van der Waals surface area contributed by atoms with Crippen molar-refractivity contribution >= 4 is 7.48 Å². The van der Waals surface area contributed by atoms with Gasteiger partial charge in [0.2, 0.25) is 0 Å². The summed E-state index contributed by atoms with van der Waals surface area (Å²) >= 11 is 0. The zero-order chi connectivity index (χ0) is 9.94. The second-order valence-electron chi connectivity index (χ2n) is 4.01. The first-order valence-electron chi connectivity index (χ1n) is 5.96. The molecule has 0 radical (unpaired) electrons. The lowest BCUT2D eigenvalue weighted by molar-refractivity contribution is 0.526. The van der Waals surface area contributed by atoms with Crippen LogP contribution in [0.2, 0.25) is 5.82 Å². The Balaban J connectivity index is 3.05. The van der Waals surface area contributed by atoms with Crippen LogP contribution in [0.1, 0.15) is 65.2 Å². The highest BCUT2D eigenvalue weighted by Gasteiger charge is 2.05. The van der Waals surface area contributed by atoms with Gasteiger partial charge in [-0.15, -0.1) is 0 Å². The minimum Gasteiger partial charge on any atom is -0.454 e. The molecule has 0 spiro atoms. The van der Waals surface area contributed by atoms with Gasteiger partial charge in [-0.05, 0) is 5.82 Å². The van der Waals surface area contributed by atoms with Crippen LogP contribution >= 0.6 is 0 Å². The van der Waals surface area contributed by atoms with Gasteiger partial charge in [0.1, 0.15) is 0 Å². The smallest absolute Gasteiger partial charge is 0.273 e. The Morgan fingerprint density at radius 1 is 1.00 bits per heavy atom. The molecule has 0 heterocycles. The van der Waals surface area contributed by atoms with Crippen molar-refractivity contribution in [2.75, 3.05) is 0 Å².